The number of aryl methyl sites for hydroxylation is 2. The number of imidazole rings is 1. The van der Waals surface area contributed by atoms with Gasteiger partial charge in [0.25, 0.3) is 0 Å². The van der Waals surface area contributed by atoms with Crippen molar-refractivity contribution in [2.75, 3.05) is 13.6 Å². The molecule has 1 fully saturated rings. The lowest BCUT2D eigenvalue weighted by Crippen LogP contribution is -2.26. The topological polar surface area (TPSA) is 38.9 Å². The third-order valence-electron chi connectivity index (χ3n) is 6.05. The Morgan fingerprint density at radius 1 is 1.14 bits per heavy atom. The number of aromatic nitrogens is 4. The fourth-order valence-electron chi connectivity index (χ4n) is 4.39. The molecule has 0 amide bonds. The van der Waals surface area contributed by atoms with E-state index >= 15 is 0 Å². The van der Waals surface area contributed by atoms with E-state index in [1.54, 1.807) is 0 Å². The normalized spacial score (nSPS) is 17.5. The SMILES string of the molecule is CCCn1ncc(-c2c(-c3ccccc3)ncn2CC[C@@H]2CCCN2C)c1C. The minimum atomic E-state index is 0.680. The van der Waals surface area contributed by atoms with Gasteiger partial charge in [0.1, 0.15) is 0 Å². The standard InChI is InChI=1S/C23H31N5/c1-4-13-28-18(2)21(16-25-28)23-22(19-9-6-5-7-10-19)24-17-27(23)15-12-20-11-8-14-26(20)3/h5-7,9-10,16-17,20H,4,8,11-15H2,1-3H3/t20-/m0/s1. The third kappa shape index (κ3) is 3.63. The van der Waals surface area contributed by atoms with Gasteiger partial charge in [0.05, 0.1) is 23.9 Å². The average Bonchev–Trinajstić information content (AvgIpc) is 3.41. The summed E-state index contributed by atoms with van der Waals surface area (Å²) in [7, 11) is 2.25. The van der Waals surface area contributed by atoms with Gasteiger partial charge in [-0.25, -0.2) is 4.98 Å². The molecule has 1 atom stereocenters. The zero-order valence-electron chi connectivity index (χ0n) is 17.3. The van der Waals surface area contributed by atoms with Gasteiger partial charge >= 0.3 is 0 Å². The Morgan fingerprint density at radius 3 is 2.68 bits per heavy atom. The summed E-state index contributed by atoms with van der Waals surface area (Å²) in [4.78, 5) is 7.33. The van der Waals surface area contributed by atoms with Crippen LogP contribution in [0.5, 0.6) is 0 Å². The Hall–Kier alpha value is -2.40. The molecule has 1 saturated heterocycles. The Balaban J connectivity index is 1.71. The summed E-state index contributed by atoms with van der Waals surface area (Å²) in [6.45, 7) is 7.53. The summed E-state index contributed by atoms with van der Waals surface area (Å²) in [6, 6.07) is 11.2. The molecule has 0 N–H and O–H groups in total. The molecule has 3 aromatic rings. The van der Waals surface area contributed by atoms with Crippen LogP contribution in [0, 0.1) is 6.92 Å². The molecule has 0 radical (unpaired) electrons. The van der Waals surface area contributed by atoms with Crippen LogP contribution in [0.3, 0.4) is 0 Å². The van der Waals surface area contributed by atoms with E-state index in [1.807, 2.05) is 12.5 Å². The van der Waals surface area contributed by atoms with Crippen LogP contribution in [0.2, 0.25) is 0 Å². The zero-order valence-corrected chi connectivity index (χ0v) is 17.3. The maximum Gasteiger partial charge on any atom is 0.0964 e. The summed E-state index contributed by atoms with van der Waals surface area (Å²) in [5.74, 6) is 0. The second-order valence-corrected chi connectivity index (χ2v) is 7.93. The molecule has 5 nitrogen and oxygen atoms in total. The van der Waals surface area contributed by atoms with Crippen molar-refractivity contribution in [3.63, 3.8) is 0 Å². The molecule has 1 aliphatic rings. The second kappa shape index (κ2) is 8.31. The molecule has 0 aliphatic carbocycles. The lowest BCUT2D eigenvalue weighted by atomic mass is 10.0. The number of nitrogens with zero attached hydrogens (tertiary/aromatic N) is 5. The molecular weight excluding hydrogens is 346 g/mol. The van der Waals surface area contributed by atoms with Gasteiger partial charge in [-0.15, -0.1) is 0 Å². The molecular formula is C23H31N5. The number of hydrogen-bond acceptors (Lipinski definition) is 3. The second-order valence-electron chi connectivity index (χ2n) is 7.93. The molecule has 1 aromatic carbocycles. The van der Waals surface area contributed by atoms with E-state index in [2.05, 4.69) is 70.5 Å². The fourth-order valence-corrected chi connectivity index (χ4v) is 4.39. The van der Waals surface area contributed by atoms with Crippen LogP contribution in [0.15, 0.2) is 42.9 Å². The minimum Gasteiger partial charge on any atom is -0.330 e. The number of rotatable bonds is 7. The van der Waals surface area contributed by atoms with E-state index in [4.69, 9.17) is 4.98 Å². The Labute approximate surface area is 168 Å². The molecule has 1 aliphatic heterocycles. The van der Waals surface area contributed by atoms with Crippen LogP contribution >= 0.6 is 0 Å². The molecule has 0 spiro atoms. The molecule has 3 heterocycles. The van der Waals surface area contributed by atoms with Crippen LogP contribution in [0.1, 0.15) is 38.3 Å². The van der Waals surface area contributed by atoms with Crippen LogP contribution in [-0.2, 0) is 13.1 Å². The van der Waals surface area contributed by atoms with Crippen molar-refractivity contribution in [1.29, 1.82) is 0 Å². The number of hydrogen-bond donors (Lipinski definition) is 0. The van der Waals surface area contributed by atoms with E-state index in [0.717, 1.165) is 37.2 Å². The minimum absolute atomic E-state index is 0.680. The van der Waals surface area contributed by atoms with Gasteiger partial charge < -0.3 is 9.47 Å². The van der Waals surface area contributed by atoms with Gasteiger partial charge in [0, 0.05) is 36.0 Å². The molecule has 28 heavy (non-hydrogen) atoms. The van der Waals surface area contributed by atoms with E-state index in [0.29, 0.717) is 6.04 Å². The number of likely N-dealkylation sites (tertiary alicyclic amines) is 1. The highest BCUT2D eigenvalue weighted by molar-refractivity contribution is 5.79. The predicted molar refractivity (Wildman–Crippen MR) is 114 cm³/mol. The summed E-state index contributed by atoms with van der Waals surface area (Å²) in [5, 5.41) is 4.65. The van der Waals surface area contributed by atoms with Gasteiger partial charge in [-0.1, -0.05) is 37.3 Å². The van der Waals surface area contributed by atoms with Crippen LogP contribution in [-0.4, -0.2) is 43.9 Å². The lowest BCUT2D eigenvalue weighted by molar-refractivity contribution is 0.286. The molecule has 0 saturated carbocycles. The summed E-state index contributed by atoms with van der Waals surface area (Å²) in [6.07, 6.45) is 8.91. The largest absolute Gasteiger partial charge is 0.330 e. The molecule has 0 bridgehead atoms. The van der Waals surface area contributed by atoms with Crippen molar-refractivity contribution in [3.05, 3.63) is 48.5 Å². The van der Waals surface area contributed by atoms with Crippen molar-refractivity contribution in [1.82, 2.24) is 24.2 Å². The van der Waals surface area contributed by atoms with Gasteiger partial charge in [0.2, 0.25) is 0 Å². The first kappa shape index (κ1) is 18.9. The van der Waals surface area contributed by atoms with Crippen molar-refractivity contribution in [3.8, 4) is 22.5 Å². The highest BCUT2D eigenvalue weighted by atomic mass is 15.3. The van der Waals surface area contributed by atoms with E-state index < -0.39 is 0 Å². The molecule has 0 unspecified atom stereocenters. The average molecular weight is 378 g/mol. The van der Waals surface area contributed by atoms with Crippen molar-refractivity contribution in [2.24, 2.45) is 0 Å². The van der Waals surface area contributed by atoms with Crippen molar-refractivity contribution < 1.29 is 0 Å². The van der Waals surface area contributed by atoms with Crippen LogP contribution < -0.4 is 0 Å². The Kier molecular flexibility index (Phi) is 5.62. The van der Waals surface area contributed by atoms with E-state index in [-0.39, 0.29) is 0 Å². The van der Waals surface area contributed by atoms with Gasteiger partial charge in [-0.05, 0) is 46.2 Å². The molecule has 4 rings (SSSR count). The maximum absolute atomic E-state index is 4.84. The van der Waals surface area contributed by atoms with Crippen molar-refractivity contribution >= 4 is 0 Å². The first-order chi connectivity index (χ1) is 13.7. The summed E-state index contributed by atoms with van der Waals surface area (Å²) >= 11 is 0. The summed E-state index contributed by atoms with van der Waals surface area (Å²) < 4.78 is 4.46. The van der Waals surface area contributed by atoms with Gasteiger partial charge in [-0.3, -0.25) is 4.68 Å². The number of benzene rings is 1. The highest BCUT2D eigenvalue weighted by Gasteiger charge is 2.23. The predicted octanol–water partition coefficient (Wildman–Crippen LogP) is 4.62. The van der Waals surface area contributed by atoms with Crippen LogP contribution in [0.4, 0.5) is 0 Å². The monoisotopic (exact) mass is 377 g/mol. The first-order valence-electron chi connectivity index (χ1n) is 10.5. The van der Waals surface area contributed by atoms with E-state index in [1.165, 1.54) is 36.3 Å². The van der Waals surface area contributed by atoms with E-state index in [9.17, 15) is 0 Å². The van der Waals surface area contributed by atoms with Crippen molar-refractivity contribution in [2.45, 2.75) is 58.7 Å². The Bertz CT molecular complexity index is 908. The highest BCUT2D eigenvalue weighted by Crippen LogP contribution is 2.33. The molecule has 2 aromatic heterocycles. The summed E-state index contributed by atoms with van der Waals surface area (Å²) in [5.41, 5.74) is 5.84. The molecule has 5 heteroatoms. The lowest BCUT2D eigenvalue weighted by Gasteiger charge is -2.20. The maximum atomic E-state index is 4.84. The fraction of sp³-hybridized carbons (Fsp3) is 0.478. The zero-order chi connectivity index (χ0) is 19.5. The third-order valence-corrected chi connectivity index (χ3v) is 6.05. The van der Waals surface area contributed by atoms with Gasteiger partial charge in [0.15, 0.2) is 0 Å². The van der Waals surface area contributed by atoms with Crippen LogP contribution in [0.25, 0.3) is 22.5 Å². The molecule has 148 valence electrons. The smallest absolute Gasteiger partial charge is 0.0964 e. The quantitative estimate of drug-likeness (QED) is 0.603. The van der Waals surface area contributed by atoms with Gasteiger partial charge in [-0.2, -0.15) is 5.10 Å². The first-order valence-corrected chi connectivity index (χ1v) is 10.5. The Morgan fingerprint density at radius 2 is 1.96 bits per heavy atom.